The van der Waals surface area contributed by atoms with Gasteiger partial charge in [0.2, 0.25) is 0 Å². The molecule has 0 aliphatic carbocycles. The molecule has 8 heteroatoms. The molecule has 0 aromatic heterocycles. The summed E-state index contributed by atoms with van der Waals surface area (Å²) in [5.74, 6) is 1.30. The molecule has 190 valence electrons. The number of carbonyl (C=O) groups excluding carboxylic acids is 1. The van der Waals surface area contributed by atoms with Gasteiger partial charge in [0.1, 0.15) is 6.10 Å². The van der Waals surface area contributed by atoms with Gasteiger partial charge in [-0.3, -0.25) is 0 Å². The summed E-state index contributed by atoms with van der Waals surface area (Å²) in [6, 6.07) is 3.83. The summed E-state index contributed by atoms with van der Waals surface area (Å²) in [4.78, 5) is 15.3. The predicted octanol–water partition coefficient (Wildman–Crippen LogP) is 4.68. The van der Waals surface area contributed by atoms with Crippen molar-refractivity contribution >= 4 is 14.4 Å². The van der Waals surface area contributed by atoms with Crippen LogP contribution in [-0.4, -0.2) is 61.1 Å². The van der Waals surface area contributed by atoms with E-state index in [-0.39, 0.29) is 23.3 Å². The van der Waals surface area contributed by atoms with Crippen LogP contribution in [0.3, 0.4) is 0 Å². The molecule has 0 saturated carbocycles. The minimum Gasteiger partial charge on any atom is -0.500 e. The van der Waals surface area contributed by atoms with Crippen molar-refractivity contribution in [2.24, 2.45) is 0 Å². The molecule has 2 aliphatic rings. The topological polar surface area (TPSA) is 88.5 Å². The van der Waals surface area contributed by atoms with E-state index < -0.39 is 25.6 Å². The van der Waals surface area contributed by atoms with Crippen LogP contribution in [0.1, 0.15) is 65.5 Å². The lowest BCUT2D eigenvalue weighted by atomic mass is 9.72. The fourth-order valence-corrected chi connectivity index (χ4v) is 10.4. The number of methoxy groups -OCH3 is 1. The fourth-order valence-electron chi connectivity index (χ4n) is 6.05. The molecule has 7 nitrogen and oxygen atoms in total. The number of aliphatic hydroxyl groups excluding tert-OH is 2. The van der Waals surface area contributed by atoms with Crippen molar-refractivity contribution in [3.05, 3.63) is 35.9 Å². The summed E-state index contributed by atoms with van der Waals surface area (Å²) < 4.78 is 18.2. The van der Waals surface area contributed by atoms with Crippen LogP contribution >= 0.6 is 0 Å². The van der Waals surface area contributed by atoms with Crippen molar-refractivity contribution in [3.63, 3.8) is 0 Å². The average molecular weight is 492 g/mol. The number of hydrogen-bond acceptors (Lipinski definition) is 6. The second-order valence-electron chi connectivity index (χ2n) is 10.4. The summed E-state index contributed by atoms with van der Waals surface area (Å²) in [6.45, 7) is 16.6. The molecule has 2 aliphatic heterocycles. The Labute approximate surface area is 204 Å². The Bertz CT molecular complexity index is 893. The highest BCUT2D eigenvalue weighted by Gasteiger charge is 2.53. The maximum atomic E-state index is 13.6. The normalized spacial score (nSPS) is 23.7. The van der Waals surface area contributed by atoms with Gasteiger partial charge in [-0.25, -0.2) is 4.79 Å². The molecule has 0 saturated heterocycles. The molecule has 0 spiro atoms. The molecule has 1 unspecified atom stereocenters. The Morgan fingerprint density at radius 2 is 1.91 bits per heavy atom. The number of rotatable bonds is 8. The second-order valence-corrected chi connectivity index (χ2v) is 15.5. The SMILES string of the molecule is C=C[C@@]12CCN(C(=O)O[Si](C(C)C)(C(C)C)C(C)O)Cc3ccc(OC)c(c31)O[C@H]2C[C@H](C)O. The third kappa shape index (κ3) is 4.24. The van der Waals surface area contributed by atoms with E-state index in [0.29, 0.717) is 37.4 Å². The standard InChI is InChI=1S/C26H41NO6Si/c1-9-26-12-13-27(25(30)33-34(16(2)3,17(4)5)19(7)29)15-20-10-11-21(31-8)24(23(20)26)32-22(26)14-18(6)28/h9-11,16-19,22,28-29H,1,12-15H2,2-8H3/t18-,19?,22-,26-/m0/s1. The minimum atomic E-state index is -2.81. The highest BCUT2D eigenvalue weighted by Crippen LogP contribution is 2.54. The van der Waals surface area contributed by atoms with Gasteiger partial charge in [0.15, 0.2) is 11.5 Å². The first kappa shape index (κ1) is 26.6. The summed E-state index contributed by atoms with van der Waals surface area (Å²) in [6.07, 6.45) is 1.68. The van der Waals surface area contributed by atoms with Crippen LogP contribution in [-0.2, 0) is 16.4 Å². The first-order valence-corrected chi connectivity index (χ1v) is 14.4. The predicted molar refractivity (Wildman–Crippen MR) is 135 cm³/mol. The van der Waals surface area contributed by atoms with Crippen molar-refractivity contribution in [2.75, 3.05) is 13.7 Å². The molecule has 1 amide bonds. The van der Waals surface area contributed by atoms with Crippen molar-refractivity contribution in [3.8, 4) is 11.5 Å². The Hall–Kier alpha value is -2.03. The zero-order chi connectivity index (χ0) is 25.4. The quantitative estimate of drug-likeness (QED) is 0.406. The number of aliphatic hydroxyl groups is 2. The molecular formula is C26H41NO6Si. The number of nitrogens with zero attached hydrogens (tertiary/aromatic N) is 1. The van der Waals surface area contributed by atoms with E-state index in [9.17, 15) is 15.0 Å². The molecular weight excluding hydrogens is 450 g/mol. The molecule has 0 radical (unpaired) electrons. The van der Waals surface area contributed by atoms with Gasteiger partial charge in [-0.1, -0.05) is 39.8 Å². The van der Waals surface area contributed by atoms with Gasteiger partial charge in [0.05, 0.1) is 24.4 Å². The second kappa shape index (κ2) is 9.91. The van der Waals surface area contributed by atoms with Crippen LogP contribution in [0.2, 0.25) is 11.1 Å². The lowest BCUT2D eigenvalue weighted by Crippen LogP contribution is -2.57. The summed E-state index contributed by atoms with van der Waals surface area (Å²) in [5, 5.41) is 20.9. The maximum absolute atomic E-state index is 13.6. The van der Waals surface area contributed by atoms with Gasteiger partial charge < -0.3 is 29.0 Å². The summed E-state index contributed by atoms with van der Waals surface area (Å²) in [5.41, 5.74) is 0.843. The van der Waals surface area contributed by atoms with Gasteiger partial charge in [0.25, 0.3) is 8.32 Å². The number of amides is 1. The highest BCUT2D eigenvalue weighted by atomic mass is 28.4. The molecule has 1 aromatic carbocycles. The lowest BCUT2D eigenvalue weighted by Gasteiger charge is -2.41. The third-order valence-corrected chi connectivity index (χ3v) is 13.2. The first-order chi connectivity index (χ1) is 15.9. The minimum absolute atomic E-state index is 0.0709. The van der Waals surface area contributed by atoms with Crippen molar-refractivity contribution in [1.82, 2.24) is 4.90 Å². The molecule has 0 bridgehead atoms. The smallest absolute Gasteiger partial charge is 0.396 e. The molecule has 3 rings (SSSR count). The van der Waals surface area contributed by atoms with E-state index in [1.165, 1.54) is 0 Å². The first-order valence-electron chi connectivity index (χ1n) is 12.3. The summed E-state index contributed by atoms with van der Waals surface area (Å²) >= 11 is 0. The Morgan fingerprint density at radius 3 is 2.41 bits per heavy atom. The molecule has 2 N–H and O–H groups in total. The molecule has 34 heavy (non-hydrogen) atoms. The van der Waals surface area contributed by atoms with Crippen molar-refractivity contribution in [2.45, 2.75) is 95.4 Å². The number of benzene rings is 1. The van der Waals surface area contributed by atoms with Crippen LogP contribution in [0, 0.1) is 0 Å². The van der Waals surface area contributed by atoms with Crippen LogP contribution in [0.4, 0.5) is 4.79 Å². The third-order valence-electron chi connectivity index (χ3n) is 7.78. The lowest BCUT2D eigenvalue weighted by molar-refractivity contribution is 0.0799. The van der Waals surface area contributed by atoms with Crippen molar-refractivity contribution < 1.29 is 28.9 Å². The van der Waals surface area contributed by atoms with Gasteiger partial charge in [0, 0.05) is 25.1 Å². The maximum Gasteiger partial charge on any atom is 0.396 e. The fraction of sp³-hybridized carbons (Fsp3) is 0.654. The zero-order valence-electron chi connectivity index (χ0n) is 21.6. The van der Waals surface area contributed by atoms with E-state index in [2.05, 4.69) is 6.58 Å². The zero-order valence-corrected chi connectivity index (χ0v) is 22.6. The van der Waals surface area contributed by atoms with Crippen molar-refractivity contribution in [1.29, 1.82) is 0 Å². The monoisotopic (exact) mass is 491 g/mol. The van der Waals surface area contributed by atoms with Crippen LogP contribution in [0.15, 0.2) is 24.8 Å². The highest BCUT2D eigenvalue weighted by molar-refractivity contribution is 6.78. The van der Waals surface area contributed by atoms with Crippen LogP contribution in [0.25, 0.3) is 0 Å². The van der Waals surface area contributed by atoms with E-state index in [1.807, 2.05) is 45.9 Å². The van der Waals surface area contributed by atoms with E-state index in [4.69, 9.17) is 13.9 Å². The van der Waals surface area contributed by atoms with Gasteiger partial charge in [-0.05, 0) is 43.0 Å². The van der Waals surface area contributed by atoms with E-state index >= 15 is 0 Å². The summed E-state index contributed by atoms with van der Waals surface area (Å²) in [7, 11) is -1.20. The Kier molecular flexibility index (Phi) is 7.75. The Balaban J connectivity index is 2.02. The average Bonchev–Trinajstić information content (AvgIpc) is 2.95. The molecule has 1 aromatic rings. The largest absolute Gasteiger partial charge is 0.500 e. The number of hydrogen-bond donors (Lipinski definition) is 2. The number of carbonyl (C=O) groups is 1. The van der Waals surface area contributed by atoms with Gasteiger partial charge in [-0.2, -0.15) is 0 Å². The molecule has 4 atom stereocenters. The van der Waals surface area contributed by atoms with Crippen LogP contribution in [0.5, 0.6) is 11.5 Å². The number of ether oxygens (including phenoxy) is 2. The van der Waals surface area contributed by atoms with E-state index in [0.717, 1.165) is 11.1 Å². The Morgan fingerprint density at radius 1 is 1.26 bits per heavy atom. The van der Waals surface area contributed by atoms with Gasteiger partial charge >= 0.3 is 6.09 Å². The van der Waals surface area contributed by atoms with Crippen LogP contribution < -0.4 is 9.47 Å². The van der Waals surface area contributed by atoms with Gasteiger partial charge in [-0.15, -0.1) is 6.58 Å². The molecule has 0 fully saturated rings. The molecule has 2 heterocycles. The van der Waals surface area contributed by atoms with E-state index in [1.54, 1.807) is 25.9 Å².